The second-order valence-corrected chi connectivity index (χ2v) is 6.81. The molecule has 0 unspecified atom stereocenters. The van der Waals surface area contributed by atoms with Gasteiger partial charge < -0.3 is 10.1 Å². The lowest BCUT2D eigenvalue weighted by Crippen LogP contribution is -2.31. The molecule has 1 N–H and O–H groups in total. The maximum absolute atomic E-state index is 12.6. The molecule has 150 valence electrons. The number of ether oxygens (including phenoxy) is 1. The van der Waals surface area contributed by atoms with E-state index in [0.717, 1.165) is 11.1 Å². The van der Waals surface area contributed by atoms with Crippen molar-refractivity contribution in [3.05, 3.63) is 76.1 Å². The number of hydrogen-bond acceptors (Lipinski definition) is 5. The molecule has 0 aliphatic carbocycles. The molecule has 0 bridgehead atoms. The number of benzene rings is 2. The number of nitrogens with zero attached hydrogens (tertiary/aromatic N) is 2. The van der Waals surface area contributed by atoms with Crippen LogP contribution in [0.25, 0.3) is 10.9 Å². The maximum atomic E-state index is 12.6. The second-order valence-electron chi connectivity index (χ2n) is 6.81. The monoisotopic (exact) mass is 393 g/mol. The first-order chi connectivity index (χ1) is 14.0. The molecule has 0 aliphatic heterocycles. The van der Waals surface area contributed by atoms with Crippen molar-refractivity contribution < 1.29 is 14.3 Å². The lowest BCUT2D eigenvalue weighted by molar-refractivity contribution is -0.141. The highest BCUT2D eigenvalue weighted by Crippen LogP contribution is 2.18. The molecular weight excluding hydrogens is 370 g/mol. The minimum Gasteiger partial charge on any atom is -0.469 e. The molecule has 0 fully saturated rings. The van der Waals surface area contributed by atoms with E-state index < -0.39 is 12.0 Å². The van der Waals surface area contributed by atoms with Crippen molar-refractivity contribution in [3.63, 3.8) is 0 Å². The molecule has 0 aliphatic rings. The zero-order valence-electron chi connectivity index (χ0n) is 16.4. The van der Waals surface area contributed by atoms with E-state index >= 15 is 0 Å². The van der Waals surface area contributed by atoms with Crippen molar-refractivity contribution >= 4 is 22.8 Å². The molecule has 1 amide bonds. The van der Waals surface area contributed by atoms with Gasteiger partial charge >= 0.3 is 5.97 Å². The minimum atomic E-state index is -0.478. The van der Waals surface area contributed by atoms with Gasteiger partial charge in [-0.1, -0.05) is 42.0 Å². The molecule has 3 aromatic rings. The number of carbonyl (C=O) groups is 2. The average molecular weight is 393 g/mol. The molecule has 2 aromatic carbocycles. The molecule has 0 radical (unpaired) electrons. The Hall–Kier alpha value is -3.48. The first kappa shape index (κ1) is 20.3. The molecule has 7 heteroatoms. The molecule has 7 nitrogen and oxygen atoms in total. The standard InChI is InChI=1S/C22H23N3O4/c1-15-7-9-16(10-8-15)18(13-22(28)29-2)24-21(27)11-12-25-19-6-4-3-5-17(19)20(26)14-23-25/h3-10,14,18H,11-13H2,1-2H3,(H,24,27)/t18-/m1/s1. The van der Waals surface area contributed by atoms with Crippen molar-refractivity contribution in [2.75, 3.05) is 7.11 Å². The van der Waals surface area contributed by atoms with E-state index in [9.17, 15) is 14.4 Å². The summed E-state index contributed by atoms with van der Waals surface area (Å²) in [6.07, 6.45) is 1.46. The number of hydrogen-bond donors (Lipinski definition) is 1. The Morgan fingerprint density at radius 3 is 2.59 bits per heavy atom. The molecule has 0 saturated heterocycles. The highest BCUT2D eigenvalue weighted by atomic mass is 16.5. The first-order valence-corrected chi connectivity index (χ1v) is 9.35. The fourth-order valence-electron chi connectivity index (χ4n) is 3.11. The van der Waals surface area contributed by atoms with Crippen LogP contribution >= 0.6 is 0 Å². The van der Waals surface area contributed by atoms with Crippen LogP contribution in [0.4, 0.5) is 0 Å². The van der Waals surface area contributed by atoms with Gasteiger partial charge in [0.15, 0.2) is 0 Å². The van der Waals surface area contributed by atoms with Gasteiger partial charge in [-0.2, -0.15) is 5.10 Å². The van der Waals surface area contributed by atoms with Crippen molar-refractivity contribution in [2.24, 2.45) is 0 Å². The zero-order valence-corrected chi connectivity index (χ0v) is 16.4. The number of aryl methyl sites for hydroxylation is 2. The fraction of sp³-hybridized carbons (Fsp3) is 0.273. The summed E-state index contributed by atoms with van der Waals surface area (Å²) in [4.78, 5) is 36.3. The molecular formula is C22H23N3O4. The highest BCUT2D eigenvalue weighted by molar-refractivity contribution is 5.79. The molecule has 1 heterocycles. The van der Waals surface area contributed by atoms with Crippen LogP contribution in [0.1, 0.15) is 30.0 Å². The molecule has 3 rings (SSSR count). The van der Waals surface area contributed by atoms with Gasteiger partial charge in [0.2, 0.25) is 11.3 Å². The molecule has 0 spiro atoms. The second kappa shape index (κ2) is 9.14. The van der Waals surface area contributed by atoms with Gasteiger partial charge in [-0.25, -0.2) is 0 Å². The quantitative estimate of drug-likeness (QED) is 0.623. The number of esters is 1. The number of carbonyl (C=O) groups excluding carboxylic acids is 2. The summed E-state index contributed by atoms with van der Waals surface area (Å²) in [7, 11) is 1.32. The third-order valence-electron chi connectivity index (χ3n) is 4.73. The third-order valence-corrected chi connectivity index (χ3v) is 4.73. The van der Waals surface area contributed by atoms with Crippen LogP contribution in [-0.2, 0) is 20.9 Å². The van der Waals surface area contributed by atoms with Crippen LogP contribution in [0, 0.1) is 6.92 Å². The van der Waals surface area contributed by atoms with Crippen molar-refractivity contribution in [2.45, 2.75) is 32.4 Å². The Bertz CT molecular complexity index is 1070. The molecule has 1 aromatic heterocycles. The summed E-state index contributed by atoms with van der Waals surface area (Å²) >= 11 is 0. The fourth-order valence-corrected chi connectivity index (χ4v) is 3.11. The Morgan fingerprint density at radius 2 is 1.86 bits per heavy atom. The summed E-state index contributed by atoms with van der Waals surface area (Å²) in [6, 6.07) is 14.3. The maximum Gasteiger partial charge on any atom is 0.307 e. The zero-order chi connectivity index (χ0) is 20.8. The van der Waals surface area contributed by atoms with E-state index in [2.05, 4.69) is 10.4 Å². The predicted molar refractivity (Wildman–Crippen MR) is 109 cm³/mol. The van der Waals surface area contributed by atoms with Gasteiger partial charge in [0.05, 0.1) is 37.8 Å². The molecule has 1 atom stereocenters. The first-order valence-electron chi connectivity index (χ1n) is 9.35. The van der Waals surface area contributed by atoms with E-state index in [1.807, 2.05) is 37.3 Å². The Balaban J connectivity index is 1.72. The van der Waals surface area contributed by atoms with Crippen LogP contribution < -0.4 is 10.7 Å². The van der Waals surface area contributed by atoms with E-state index in [4.69, 9.17) is 4.74 Å². The van der Waals surface area contributed by atoms with E-state index in [1.165, 1.54) is 13.3 Å². The van der Waals surface area contributed by atoms with Crippen LogP contribution in [0.15, 0.2) is 59.5 Å². The van der Waals surface area contributed by atoms with E-state index in [0.29, 0.717) is 17.4 Å². The van der Waals surface area contributed by atoms with E-state index in [1.54, 1.807) is 22.9 Å². The number of aromatic nitrogens is 2. The number of amides is 1. The summed E-state index contributed by atoms with van der Waals surface area (Å²) in [6.45, 7) is 2.28. The summed E-state index contributed by atoms with van der Waals surface area (Å²) < 4.78 is 6.40. The lowest BCUT2D eigenvalue weighted by atomic mass is 10.0. The number of para-hydroxylation sites is 1. The topological polar surface area (TPSA) is 90.3 Å². The summed E-state index contributed by atoms with van der Waals surface area (Å²) in [5.41, 5.74) is 2.45. The summed E-state index contributed by atoms with van der Waals surface area (Å²) in [5.74, 6) is -0.618. The number of rotatable bonds is 7. The van der Waals surface area contributed by atoms with Crippen molar-refractivity contribution in [1.82, 2.24) is 15.1 Å². The van der Waals surface area contributed by atoms with Crippen LogP contribution in [0.5, 0.6) is 0 Å². The van der Waals surface area contributed by atoms with Gasteiger partial charge in [-0.3, -0.25) is 19.1 Å². The number of nitrogens with one attached hydrogen (secondary N) is 1. The Kier molecular flexibility index (Phi) is 6.39. The Labute approximate surface area is 168 Å². The average Bonchev–Trinajstić information content (AvgIpc) is 2.73. The molecule has 0 saturated carbocycles. The Morgan fingerprint density at radius 1 is 1.14 bits per heavy atom. The highest BCUT2D eigenvalue weighted by Gasteiger charge is 2.19. The predicted octanol–water partition coefficient (Wildman–Crippen LogP) is 2.52. The lowest BCUT2D eigenvalue weighted by Gasteiger charge is -2.19. The largest absolute Gasteiger partial charge is 0.469 e. The van der Waals surface area contributed by atoms with Gasteiger partial charge in [0, 0.05) is 11.8 Å². The van der Waals surface area contributed by atoms with Crippen molar-refractivity contribution in [1.29, 1.82) is 0 Å². The van der Waals surface area contributed by atoms with E-state index in [-0.39, 0.29) is 24.2 Å². The van der Waals surface area contributed by atoms with Crippen LogP contribution in [0.3, 0.4) is 0 Å². The van der Waals surface area contributed by atoms with Crippen molar-refractivity contribution in [3.8, 4) is 0 Å². The normalized spacial score (nSPS) is 11.8. The van der Waals surface area contributed by atoms with Gasteiger partial charge in [-0.15, -0.1) is 0 Å². The van der Waals surface area contributed by atoms with Gasteiger partial charge in [0.1, 0.15) is 0 Å². The molecule has 29 heavy (non-hydrogen) atoms. The smallest absolute Gasteiger partial charge is 0.307 e. The summed E-state index contributed by atoms with van der Waals surface area (Å²) in [5, 5.41) is 7.60. The van der Waals surface area contributed by atoms with Crippen LogP contribution in [-0.4, -0.2) is 28.8 Å². The number of methoxy groups -OCH3 is 1. The number of fused-ring (bicyclic) bond motifs is 1. The SMILES string of the molecule is COC(=O)C[C@@H](NC(=O)CCn1ncc(=O)c2ccccc21)c1ccc(C)cc1. The minimum absolute atomic E-state index is 0.0461. The van der Waals surface area contributed by atoms with Gasteiger partial charge in [0.25, 0.3) is 0 Å². The van der Waals surface area contributed by atoms with Crippen LogP contribution in [0.2, 0.25) is 0 Å². The van der Waals surface area contributed by atoms with Gasteiger partial charge in [-0.05, 0) is 24.6 Å². The third kappa shape index (κ3) is 5.07.